The second-order valence-corrected chi connectivity index (χ2v) is 7.40. The molecule has 1 aromatic rings. The highest BCUT2D eigenvalue weighted by molar-refractivity contribution is 5.79. The first-order chi connectivity index (χ1) is 12.2. The minimum Gasteiger partial charge on any atom is -0.367 e. The van der Waals surface area contributed by atoms with Crippen molar-refractivity contribution in [3.8, 4) is 6.07 Å². The third-order valence-electron chi connectivity index (χ3n) is 5.89. The number of amides is 1. The van der Waals surface area contributed by atoms with E-state index in [9.17, 15) is 10.1 Å². The molecule has 6 heteroatoms. The lowest BCUT2D eigenvalue weighted by atomic mass is 9.89. The van der Waals surface area contributed by atoms with Crippen molar-refractivity contribution < 1.29 is 9.53 Å². The molecule has 1 aliphatic carbocycles. The van der Waals surface area contributed by atoms with Gasteiger partial charge in [0.2, 0.25) is 5.91 Å². The highest BCUT2D eigenvalue weighted by atomic mass is 16.5. The number of hydrogen-bond donors (Lipinski definition) is 1. The molecule has 1 aromatic heterocycles. The number of nitriles is 1. The molecule has 2 aliphatic heterocycles. The molecule has 2 atom stereocenters. The Morgan fingerprint density at radius 1 is 1.28 bits per heavy atom. The SMILES string of the molecule is N#Cc1cc2c(nc1N1CCC([C@@H]3CC[C@H](C(N)=O)O3)CC1)CCC2. The van der Waals surface area contributed by atoms with Gasteiger partial charge in [0.25, 0.3) is 0 Å². The summed E-state index contributed by atoms with van der Waals surface area (Å²) in [6, 6.07) is 4.36. The van der Waals surface area contributed by atoms with Crippen molar-refractivity contribution in [2.24, 2.45) is 11.7 Å². The number of rotatable bonds is 3. The molecular formula is C19H24N4O2. The molecule has 0 spiro atoms. The Morgan fingerprint density at radius 2 is 2.08 bits per heavy atom. The number of carbonyl (C=O) groups excluding carboxylic acids is 1. The topological polar surface area (TPSA) is 92.2 Å². The maximum Gasteiger partial charge on any atom is 0.246 e. The third-order valence-corrected chi connectivity index (χ3v) is 5.89. The zero-order valence-electron chi connectivity index (χ0n) is 14.4. The van der Waals surface area contributed by atoms with E-state index in [1.807, 2.05) is 6.07 Å². The predicted octanol–water partition coefficient (Wildman–Crippen LogP) is 1.69. The number of aromatic nitrogens is 1. The number of nitrogens with two attached hydrogens (primary N) is 1. The minimum absolute atomic E-state index is 0.142. The number of anilines is 1. The van der Waals surface area contributed by atoms with Crippen molar-refractivity contribution in [2.75, 3.05) is 18.0 Å². The largest absolute Gasteiger partial charge is 0.367 e. The summed E-state index contributed by atoms with van der Waals surface area (Å²) in [6.07, 6.45) is 6.59. The van der Waals surface area contributed by atoms with Crippen molar-refractivity contribution in [1.29, 1.82) is 5.26 Å². The number of carbonyl (C=O) groups is 1. The van der Waals surface area contributed by atoms with Gasteiger partial charge in [0.15, 0.2) is 0 Å². The molecule has 1 amide bonds. The van der Waals surface area contributed by atoms with E-state index in [-0.39, 0.29) is 12.0 Å². The van der Waals surface area contributed by atoms with Crippen LogP contribution in [-0.2, 0) is 22.4 Å². The Bertz CT molecular complexity index is 719. The van der Waals surface area contributed by atoms with Gasteiger partial charge in [-0.1, -0.05) is 0 Å². The molecule has 6 nitrogen and oxygen atoms in total. The monoisotopic (exact) mass is 340 g/mol. The van der Waals surface area contributed by atoms with Gasteiger partial charge < -0.3 is 15.4 Å². The van der Waals surface area contributed by atoms with Gasteiger partial charge in [0, 0.05) is 18.8 Å². The maximum atomic E-state index is 11.3. The summed E-state index contributed by atoms with van der Waals surface area (Å²) < 4.78 is 5.85. The lowest BCUT2D eigenvalue weighted by molar-refractivity contribution is -0.130. The molecule has 132 valence electrons. The standard InChI is InChI=1S/C19H24N4O2/c20-11-14-10-13-2-1-3-15(13)22-19(14)23-8-6-12(7-9-23)16-4-5-17(25-16)18(21)24/h10,12,16-17H,1-9H2,(H2,21,24)/t16-,17+/m0/s1. The van der Waals surface area contributed by atoms with Crippen LogP contribution in [-0.4, -0.2) is 36.2 Å². The second kappa shape index (κ2) is 6.64. The fourth-order valence-electron chi connectivity index (χ4n) is 4.49. The van der Waals surface area contributed by atoms with E-state index in [0.717, 1.165) is 63.9 Å². The maximum absolute atomic E-state index is 11.3. The molecule has 0 radical (unpaired) electrons. The summed E-state index contributed by atoms with van der Waals surface area (Å²) >= 11 is 0. The molecule has 2 N–H and O–H groups in total. The smallest absolute Gasteiger partial charge is 0.246 e. The first-order valence-electron chi connectivity index (χ1n) is 9.28. The highest BCUT2D eigenvalue weighted by Gasteiger charge is 2.36. The van der Waals surface area contributed by atoms with Crippen LogP contribution in [0.25, 0.3) is 0 Å². The zero-order valence-corrected chi connectivity index (χ0v) is 14.4. The van der Waals surface area contributed by atoms with Crippen LogP contribution in [0.5, 0.6) is 0 Å². The van der Waals surface area contributed by atoms with E-state index in [1.165, 1.54) is 11.3 Å². The molecule has 2 saturated heterocycles. The van der Waals surface area contributed by atoms with Crippen molar-refractivity contribution in [3.63, 3.8) is 0 Å². The lowest BCUT2D eigenvalue weighted by Gasteiger charge is -2.35. The first kappa shape index (κ1) is 16.3. The molecule has 0 unspecified atom stereocenters. The molecule has 0 saturated carbocycles. The van der Waals surface area contributed by atoms with E-state index in [4.69, 9.17) is 15.5 Å². The highest BCUT2D eigenvalue weighted by Crippen LogP contribution is 2.34. The summed E-state index contributed by atoms with van der Waals surface area (Å²) in [5, 5.41) is 9.51. The van der Waals surface area contributed by atoms with E-state index in [1.54, 1.807) is 0 Å². The van der Waals surface area contributed by atoms with Crippen molar-refractivity contribution in [1.82, 2.24) is 4.98 Å². The van der Waals surface area contributed by atoms with Gasteiger partial charge in [-0.25, -0.2) is 4.98 Å². The Labute approximate surface area is 148 Å². The summed E-state index contributed by atoms with van der Waals surface area (Å²) in [4.78, 5) is 18.3. The molecule has 0 aromatic carbocycles. The van der Waals surface area contributed by atoms with Crippen LogP contribution in [0.1, 0.15) is 48.9 Å². The van der Waals surface area contributed by atoms with Crippen LogP contribution in [0.15, 0.2) is 6.07 Å². The van der Waals surface area contributed by atoms with E-state index in [2.05, 4.69) is 11.0 Å². The molecule has 25 heavy (non-hydrogen) atoms. The first-order valence-corrected chi connectivity index (χ1v) is 9.28. The van der Waals surface area contributed by atoms with Gasteiger partial charge in [-0.2, -0.15) is 5.26 Å². The van der Waals surface area contributed by atoms with Gasteiger partial charge in [-0.05, 0) is 62.5 Å². The Balaban J connectivity index is 1.43. The van der Waals surface area contributed by atoms with Gasteiger partial charge in [0.1, 0.15) is 18.0 Å². The number of ether oxygens (including phenoxy) is 1. The predicted molar refractivity (Wildman–Crippen MR) is 93.0 cm³/mol. The average Bonchev–Trinajstić information content (AvgIpc) is 3.29. The fourth-order valence-corrected chi connectivity index (χ4v) is 4.49. The van der Waals surface area contributed by atoms with Crippen molar-refractivity contribution in [2.45, 2.75) is 57.2 Å². The van der Waals surface area contributed by atoms with Crippen LogP contribution in [0.3, 0.4) is 0 Å². The number of primary amides is 1. The quantitative estimate of drug-likeness (QED) is 0.904. The summed E-state index contributed by atoms with van der Waals surface area (Å²) in [7, 11) is 0. The van der Waals surface area contributed by atoms with Gasteiger partial charge in [0.05, 0.1) is 11.7 Å². The summed E-state index contributed by atoms with van der Waals surface area (Å²) in [5.41, 5.74) is 8.46. The Hall–Kier alpha value is -2.13. The third kappa shape index (κ3) is 3.09. The number of fused-ring (bicyclic) bond motifs is 1. The van der Waals surface area contributed by atoms with Crippen molar-refractivity contribution >= 4 is 11.7 Å². The van der Waals surface area contributed by atoms with Gasteiger partial charge in [-0.3, -0.25) is 4.79 Å². The fraction of sp³-hybridized carbons (Fsp3) is 0.632. The molecule has 0 bridgehead atoms. The Kier molecular flexibility index (Phi) is 4.34. The molecular weight excluding hydrogens is 316 g/mol. The molecule has 3 aliphatic rings. The number of hydrogen-bond acceptors (Lipinski definition) is 5. The van der Waals surface area contributed by atoms with Crippen molar-refractivity contribution in [3.05, 3.63) is 22.9 Å². The summed E-state index contributed by atoms with van der Waals surface area (Å²) in [6.45, 7) is 1.76. The van der Waals surface area contributed by atoms with E-state index in [0.29, 0.717) is 11.5 Å². The average molecular weight is 340 g/mol. The number of pyridine rings is 1. The van der Waals surface area contributed by atoms with E-state index < -0.39 is 6.10 Å². The molecule has 4 rings (SSSR count). The summed E-state index contributed by atoms with van der Waals surface area (Å²) in [5.74, 6) is 0.963. The minimum atomic E-state index is -0.411. The van der Waals surface area contributed by atoms with Gasteiger partial charge >= 0.3 is 0 Å². The number of nitrogens with zero attached hydrogens (tertiary/aromatic N) is 3. The normalized spacial score (nSPS) is 26.4. The number of piperidine rings is 1. The molecule has 2 fully saturated rings. The van der Waals surface area contributed by atoms with Crippen LogP contribution < -0.4 is 10.6 Å². The van der Waals surface area contributed by atoms with Crippen LogP contribution in [0, 0.1) is 17.2 Å². The van der Waals surface area contributed by atoms with E-state index >= 15 is 0 Å². The zero-order chi connectivity index (χ0) is 17.4. The molecule has 3 heterocycles. The van der Waals surface area contributed by atoms with Crippen LogP contribution in [0.4, 0.5) is 5.82 Å². The second-order valence-electron chi connectivity index (χ2n) is 7.40. The van der Waals surface area contributed by atoms with Crippen LogP contribution >= 0.6 is 0 Å². The lowest BCUT2D eigenvalue weighted by Crippen LogP contribution is -2.39. The van der Waals surface area contributed by atoms with Crippen LogP contribution in [0.2, 0.25) is 0 Å². The number of aryl methyl sites for hydroxylation is 2. The van der Waals surface area contributed by atoms with Gasteiger partial charge in [-0.15, -0.1) is 0 Å². The Morgan fingerprint density at radius 3 is 2.76 bits per heavy atom.